The maximum Gasteiger partial charge on any atom is 0.270 e. The lowest BCUT2D eigenvalue weighted by atomic mass is 10.0. The predicted octanol–water partition coefficient (Wildman–Crippen LogP) is 5.49. The Morgan fingerprint density at radius 2 is 1.93 bits per heavy atom. The number of nitrogens with one attached hydrogen (secondary N) is 1. The molecule has 132 valence electrons. The highest BCUT2D eigenvalue weighted by atomic mass is 35.5. The molecule has 0 radical (unpaired) electrons. The van der Waals surface area contributed by atoms with E-state index < -0.39 is 6.10 Å². The summed E-state index contributed by atoms with van der Waals surface area (Å²) in [6, 6.07) is 12.6. The number of aliphatic hydroxyl groups is 1. The van der Waals surface area contributed by atoms with E-state index >= 15 is 0 Å². The largest absolute Gasteiger partial charge is 0.384 e. The second-order valence-electron chi connectivity index (χ2n) is 5.80. The number of H-pyrrole nitrogens is 1. The van der Waals surface area contributed by atoms with Crippen LogP contribution in [0, 0.1) is 6.57 Å². The Balaban J connectivity index is 1.83. The first-order valence-corrected chi connectivity index (χ1v) is 9.26. The number of pyridine rings is 1. The molecular weight excluding hydrogens is 380 g/mol. The SMILES string of the molecule is [C-]#[N+]c1cc(-c2cc(C(O)c3ccc(Cl)cc3)c(-c3ncc[nH]3)s2)ccn1. The first-order chi connectivity index (χ1) is 13.2. The number of imidazole rings is 1. The summed E-state index contributed by atoms with van der Waals surface area (Å²) < 4.78 is 0. The smallest absolute Gasteiger partial charge is 0.270 e. The van der Waals surface area contributed by atoms with Gasteiger partial charge in [-0.3, -0.25) is 0 Å². The minimum atomic E-state index is -0.825. The lowest BCUT2D eigenvalue weighted by molar-refractivity contribution is 0.221. The average Bonchev–Trinajstić information content (AvgIpc) is 3.38. The number of rotatable bonds is 4. The van der Waals surface area contributed by atoms with Crippen LogP contribution in [0.3, 0.4) is 0 Å². The molecule has 4 aromatic rings. The first kappa shape index (κ1) is 17.4. The van der Waals surface area contributed by atoms with Crippen LogP contribution >= 0.6 is 22.9 Å². The minimum Gasteiger partial charge on any atom is -0.384 e. The molecular formula is C20H13ClN4OS. The Bertz CT molecular complexity index is 1110. The van der Waals surface area contributed by atoms with Gasteiger partial charge in [0.15, 0.2) is 0 Å². The number of benzene rings is 1. The van der Waals surface area contributed by atoms with Crippen molar-refractivity contribution in [2.45, 2.75) is 6.10 Å². The van der Waals surface area contributed by atoms with Gasteiger partial charge in [-0.15, -0.1) is 16.3 Å². The third-order valence-electron chi connectivity index (χ3n) is 4.10. The molecule has 0 saturated heterocycles. The summed E-state index contributed by atoms with van der Waals surface area (Å²) in [5, 5.41) is 11.6. The van der Waals surface area contributed by atoms with E-state index in [2.05, 4.69) is 19.8 Å². The molecule has 1 aromatic carbocycles. The molecule has 0 aliphatic rings. The normalized spacial score (nSPS) is 11.9. The Morgan fingerprint density at radius 1 is 1.11 bits per heavy atom. The summed E-state index contributed by atoms with van der Waals surface area (Å²) in [5.74, 6) is 1.02. The number of thiophene rings is 1. The number of hydrogen-bond acceptors (Lipinski definition) is 4. The van der Waals surface area contributed by atoms with Crippen molar-refractivity contribution in [3.8, 4) is 21.1 Å². The topological polar surface area (TPSA) is 66.2 Å². The number of halogens is 1. The second-order valence-corrected chi connectivity index (χ2v) is 7.29. The third kappa shape index (κ3) is 3.49. The van der Waals surface area contributed by atoms with Crippen molar-refractivity contribution < 1.29 is 5.11 Å². The number of aliphatic hydroxyl groups excluding tert-OH is 1. The van der Waals surface area contributed by atoms with E-state index in [4.69, 9.17) is 18.2 Å². The molecule has 0 spiro atoms. The number of nitrogens with zero attached hydrogens (tertiary/aromatic N) is 3. The summed E-state index contributed by atoms with van der Waals surface area (Å²) in [7, 11) is 0. The maximum atomic E-state index is 11.0. The van der Waals surface area contributed by atoms with Gasteiger partial charge in [-0.05, 0) is 41.5 Å². The van der Waals surface area contributed by atoms with Crippen LogP contribution in [0.15, 0.2) is 61.1 Å². The minimum absolute atomic E-state index is 0.334. The molecule has 0 fully saturated rings. The molecule has 1 unspecified atom stereocenters. The maximum absolute atomic E-state index is 11.0. The monoisotopic (exact) mass is 392 g/mol. The summed E-state index contributed by atoms with van der Waals surface area (Å²) in [6.45, 7) is 7.16. The molecule has 4 rings (SSSR count). The van der Waals surface area contributed by atoms with Gasteiger partial charge in [0.05, 0.1) is 4.88 Å². The highest BCUT2D eigenvalue weighted by Crippen LogP contribution is 2.41. The Hall–Kier alpha value is -2.98. The van der Waals surface area contributed by atoms with Crippen molar-refractivity contribution in [2.75, 3.05) is 0 Å². The molecule has 5 nitrogen and oxygen atoms in total. The third-order valence-corrected chi connectivity index (χ3v) is 5.56. The van der Waals surface area contributed by atoms with Crippen molar-refractivity contribution in [1.29, 1.82) is 0 Å². The Labute approximate surface area is 164 Å². The first-order valence-electron chi connectivity index (χ1n) is 8.06. The summed E-state index contributed by atoms with van der Waals surface area (Å²) in [4.78, 5) is 16.6. The fourth-order valence-corrected chi connectivity index (χ4v) is 4.06. The van der Waals surface area contributed by atoms with E-state index in [1.807, 2.05) is 12.1 Å². The van der Waals surface area contributed by atoms with E-state index in [0.29, 0.717) is 16.7 Å². The van der Waals surface area contributed by atoms with Crippen LogP contribution in [-0.4, -0.2) is 20.1 Å². The standard InChI is InChI=1S/C20H13ClN4OS/c1-22-17-10-13(6-7-23-17)16-11-15(19(27-16)20-24-8-9-25-20)18(26)12-2-4-14(21)5-3-12/h2-11,18,26H,(H,24,25). The Morgan fingerprint density at radius 3 is 2.63 bits per heavy atom. The van der Waals surface area contributed by atoms with E-state index in [9.17, 15) is 5.11 Å². The molecule has 0 bridgehead atoms. The highest BCUT2D eigenvalue weighted by Gasteiger charge is 2.21. The molecule has 0 saturated carbocycles. The van der Waals surface area contributed by atoms with Gasteiger partial charge in [0.1, 0.15) is 18.1 Å². The molecule has 2 N–H and O–H groups in total. The molecule has 0 amide bonds. The van der Waals surface area contributed by atoms with Crippen LogP contribution in [0.5, 0.6) is 0 Å². The number of aromatic nitrogens is 3. The van der Waals surface area contributed by atoms with Crippen LogP contribution in [0.25, 0.3) is 26.0 Å². The molecule has 3 heterocycles. The molecule has 27 heavy (non-hydrogen) atoms. The van der Waals surface area contributed by atoms with E-state index in [1.54, 1.807) is 48.9 Å². The van der Waals surface area contributed by atoms with Crippen molar-refractivity contribution >= 4 is 28.8 Å². The molecule has 0 aliphatic carbocycles. The molecule has 1 atom stereocenters. The van der Waals surface area contributed by atoms with Gasteiger partial charge in [0, 0.05) is 27.9 Å². The van der Waals surface area contributed by atoms with Gasteiger partial charge in [-0.25, -0.2) is 4.98 Å². The Kier molecular flexibility index (Phi) is 4.73. The van der Waals surface area contributed by atoms with Gasteiger partial charge in [-0.2, -0.15) is 0 Å². The fourth-order valence-electron chi connectivity index (χ4n) is 2.78. The highest BCUT2D eigenvalue weighted by molar-refractivity contribution is 7.19. The van der Waals surface area contributed by atoms with Crippen molar-refractivity contribution in [1.82, 2.24) is 15.0 Å². The predicted molar refractivity (Wildman–Crippen MR) is 107 cm³/mol. The zero-order chi connectivity index (χ0) is 18.8. The summed E-state index contributed by atoms with van der Waals surface area (Å²) in [5.41, 5.74) is 2.37. The van der Waals surface area contributed by atoms with Gasteiger partial charge in [0.2, 0.25) is 0 Å². The van der Waals surface area contributed by atoms with Gasteiger partial charge < -0.3 is 14.9 Å². The lowest BCUT2D eigenvalue weighted by Crippen LogP contribution is -1.99. The van der Waals surface area contributed by atoms with E-state index in [0.717, 1.165) is 26.4 Å². The molecule has 0 aliphatic heterocycles. The van der Waals surface area contributed by atoms with E-state index in [1.165, 1.54) is 11.3 Å². The van der Waals surface area contributed by atoms with Crippen LogP contribution in [0.1, 0.15) is 17.2 Å². The zero-order valence-corrected chi connectivity index (χ0v) is 15.5. The van der Waals surface area contributed by atoms with Crippen LogP contribution in [0.4, 0.5) is 5.82 Å². The van der Waals surface area contributed by atoms with E-state index in [-0.39, 0.29) is 0 Å². The van der Waals surface area contributed by atoms with Crippen molar-refractivity contribution in [3.05, 3.63) is 88.6 Å². The van der Waals surface area contributed by atoms with Crippen LogP contribution < -0.4 is 0 Å². The quantitative estimate of drug-likeness (QED) is 0.451. The van der Waals surface area contributed by atoms with Gasteiger partial charge in [-0.1, -0.05) is 30.3 Å². The molecule has 7 heteroatoms. The van der Waals surface area contributed by atoms with Crippen molar-refractivity contribution in [3.63, 3.8) is 0 Å². The van der Waals surface area contributed by atoms with Crippen LogP contribution in [0.2, 0.25) is 5.02 Å². The lowest BCUT2D eigenvalue weighted by Gasteiger charge is -2.11. The summed E-state index contributed by atoms with van der Waals surface area (Å²) in [6.07, 6.45) is 4.21. The average molecular weight is 393 g/mol. The number of hydrogen-bond donors (Lipinski definition) is 2. The zero-order valence-electron chi connectivity index (χ0n) is 13.9. The van der Waals surface area contributed by atoms with Crippen LogP contribution in [-0.2, 0) is 0 Å². The second kappa shape index (κ2) is 7.33. The van der Waals surface area contributed by atoms with Crippen molar-refractivity contribution in [2.24, 2.45) is 0 Å². The number of aromatic amines is 1. The van der Waals surface area contributed by atoms with Gasteiger partial charge >= 0.3 is 0 Å². The fraction of sp³-hybridized carbons (Fsp3) is 0.0500. The molecule has 3 aromatic heterocycles. The van der Waals surface area contributed by atoms with Gasteiger partial charge in [0.25, 0.3) is 5.82 Å². The summed E-state index contributed by atoms with van der Waals surface area (Å²) >= 11 is 7.47.